The van der Waals surface area contributed by atoms with E-state index in [-0.39, 0.29) is 0 Å². The number of pyridine rings is 1. The number of nitrogens with two attached hydrogens (primary N) is 1. The molecule has 0 aliphatic rings. The second-order valence-corrected chi connectivity index (χ2v) is 5.61. The van der Waals surface area contributed by atoms with Gasteiger partial charge in [0, 0.05) is 37.2 Å². The highest BCUT2D eigenvalue weighted by Crippen LogP contribution is 2.19. The van der Waals surface area contributed by atoms with E-state index < -0.39 is 0 Å². The lowest BCUT2D eigenvalue weighted by molar-refractivity contribution is 0.203. The zero-order chi connectivity index (χ0) is 14.5. The number of nitrogen functional groups attached to an aromatic ring is 1. The van der Waals surface area contributed by atoms with Gasteiger partial charge in [-0.25, -0.2) is 0 Å². The summed E-state index contributed by atoms with van der Waals surface area (Å²) >= 11 is 6.19. The van der Waals surface area contributed by atoms with Crippen molar-refractivity contribution in [3.05, 3.63) is 58.9 Å². The summed E-state index contributed by atoms with van der Waals surface area (Å²) in [6.45, 7) is 6.05. The van der Waals surface area contributed by atoms with E-state index in [1.54, 1.807) is 12.4 Å². The average Bonchev–Trinajstić information content (AvgIpc) is 2.42. The van der Waals surface area contributed by atoms with Gasteiger partial charge in [-0.05, 0) is 43.2 Å². The highest BCUT2D eigenvalue weighted by atomic mass is 35.5. The second-order valence-electron chi connectivity index (χ2n) is 5.21. The summed E-state index contributed by atoms with van der Waals surface area (Å²) in [4.78, 5) is 6.39. The van der Waals surface area contributed by atoms with Gasteiger partial charge in [0.05, 0.1) is 5.02 Å². The summed E-state index contributed by atoms with van der Waals surface area (Å²) in [5.74, 6) is 0. The number of nitrogens with zero attached hydrogens (tertiary/aromatic N) is 2. The van der Waals surface area contributed by atoms with E-state index in [2.05, 4.69) is 35.9 Å². The Morgan fingerprint density at radius 2 is 1.85 bits per heavy atom. The van der Waals surface area contributed by atoms with Crippen LogP contribution < -0.4 is 5.73 Å². The molecule has 0 radical (unpaired) electrons. The first-order valence-electron chi connectivity index (χ1n) is 6.73. The third-order valence-electron chi connectivity index (χ3n) is 3.33. The molecular formula is C16H20ClN3. The summed E-state index contributed by atoms with van der Waals surface area (Å²) in [6, 6.07) is 10.4. The lowest BCUT2D eigenvalue weighted by atomic mass is 10.1. The minimum atomic E-state index is 0.428. The molecule has 4 heteroatoms. The van der Waals surface area contributed by atoms with Crippen molar-refractivity contribution in [2.45, 2.75) is 33.0 Å². The topological polar surface area (TPSA) is 42.1 Å². The second kappa shape index (κ2) is 6.73. The fraction of sp³-hybridized carbons (Fsp3) is 0.312. The predicted molar refractivity (Wildman–Crippen MR) is 84.5 cm³/mol. The van der Waals surface area contributed by atoms with Crippen molar-refractivity contribution in [1.82, 2.24) is 9.88 Å². The van der Waals surface area contributed by atoms with Crippen LogP contribution in [0.15, 0.2) is 42.7 Å². The Kier molecular flexibility index (Phi) is 4.99. The van der Waals surface area contributed by atoms with Crippen LogP contribution in [0.25, 0.3) is 0 Å². The van der Waals surface area contributed by atoms with Crippen LogP contribution in [0.5, 0.6) is 0 Å². The van der Waals surface area contributed by atoms with Crippen LogP contribution in [0.3, 0.4) is 0 Å². The third-order valence-corrected chi connectivity index (χ3v) is 3.67. The molecule has 1 aromatic carbocycles. The van der Waals surface area contributed by atoms with Crippen molar-refractivity contribution < 1.29 is 0 Å². The zero-order valence-electron chi connectivity index (χ0n) is 11.9. The molecule has 0 atom stereocenters. The highest BCUT2D eigenvalue weighted by molar-refractivity contribution is 6.31. The van der Waals surface area contributed by atoms with Gasteiger partial charge in [0.15, 0.2) is 0 Å². The quantitative estimate of drug-likeness (QED) is 0.853. The van der Waals surface area contributed by atoms with E-state index in [0.29, 0.717) is 6.04 Å². The van der Waals surface area contributed by atoms with E-state index in [4.69, 9.17) is 17.3 Å². The molecule has 0 aliphatic carbocycles. The molecular weight excluding hydrogens is 270 g/mol. The Morgan fingerprint density at radius 3 is 2.45 bits per heavy atom. The van der Waals surface area contributed by atoms with Gasteiger partial charge in [0.2, 0.25) is 0 Å². The highest BCUT2D eigenvalue weighted by Gasteiger charge is 2.12. The molecule has 0 saturated carbocycles. The Morgan fingerprint density at radius 1 is 1.15 bits per heavy atom. The molecule has 2 N–H and O–H groups in total. The third kappa shape index (κ3) is 3.95. The van der Waals surface area contributed by atoms with Gasteiger partial charge in [-0.1, -0.05) is 23.7 Å². The fourth-order valence-corrected chi connectivity index (χ4v) is 2.21. The van der Waals surface area contributed by atoms with E-state index >= 15 is 0 Å². The maximum atomic E-state index is 6.19. The Bertz CT molecular complexity index is 552. The molecule has 2 aromatic rings. The van der Waals surface area contributed by atoms with Crippen LogP contribution >= 0.6 is 11.6 Å². The van der Waals surface area contributed by atoms with Gasteiger partial charge >= 0.3 is 0 Å². The van der Waals surface area contributed by atoms with Crippen LogP contribution in [0, 0.1) is 0 Å². The lowest BCUT2D eigenvalue weighted by Gasteiger charge is -2.27. The van der Waals surface area contributed by atoms with Crippen LogP contribution in [0.4, 0.5) is 5.69 Å². The Balaban J connectivity index is 2.11. The largest absolute Gasteiger partial charge is 0.399 e. The lowest BCUT2D eigenvalue weighted by Crippen LogP contribution is -2.29. The van der Waals surface area contributed by atoms with E-state index in [1.807, 2.05) is 18.2 Å². The monoisotopic (exact) mass is 289 g/mol. The summed E-state index contributed by atoms with van der Waals surface area (Å²) in [7, 11) is 0. The molecule has 2 rings (SSSR count). The van der Waals surface area contributed by atoms with Crippen LogP contribution in [0.1, 0.15) is 25.0 Å². The predicted octanol–water partition coefficient (Wildman–Crippen LogP) is 3.73. The SMILES string of the molecule is CC(C)N(Cc1ccc(N)cc1)Cc1ccncc1Cl. The number of halogens is 1. The van der Waals surface area contributed by atoms with Gasteiger partial charge < -0.3 is 5.73 Å². The summed E-state index contributed by atoms with van der Waals surface area (Å²) in [5, 5.41) is 0.718. The molecule has 0 aliphatic heterocycles. The maximum absolute atomic E-state index is 6.19. The first kappa shape index (κ1) is 14.8. The molecule has 0 saturated heterocycles. The molecule has 0 amide bonds. The number of benzene rings is 1. The Hall–Kier alpha value is -1.58. The van der Waals surface area contributed by atoms with Gasteiger partial charge in [-0.2, -0.15) is 0 Å². The van der Waals surface area contributed by atoms with Crippen molar-refractivity contribution >= 4 is 17.3 Å². The van der Waals surface area contributed by atoms with E-state index in [0.717, 1.165) is 29.4 Å². The van der Waals surface area contributed by atoms with Crippen molar-refractivity contribution in [2.24, 2.45) is 0 Å². The van der Waals surface area contributed by atoms with E-state index in [9.17, 15) is 0 Å². The number of hydrogen-bond acceptors (Lipinski definition) is 3. The minimum absolute atomic E-state index is 0.428. The normalized spacial score (nSPS) is 11.2. The molecule has 1 aromatic heterocycles. The molecule has 0 unspecified atom stereocenters. The summed E-state index contributed by atoms with van der Waals surface area (Å²) in [5.41, 5.74) is 8.87. The number of anilines is 1. The zero-order valence-corrected chi connectivity index (χ0v) is 12.6. The molecule has 3 nitrogen and oxygen atoms in total. The van der Waals surface area contributed by atoms with E-state index in [1.165, 1.54) is 5.56 Å². The molecule has 1 heterocycles. The van der Waals surface area contributed by atoms with Gasteiger partial charge in [-0.15, -0.1) is 0 Å². The molecule has 0 fully saturated rings. The van der Waals surface area contributed by atoms with Gasteiger partial charge in [-0.3, -0.25) is 9.88 Å². The molecule has 20 heavy (non-hydrogen) atoms. The van der Waals surface area contributed by atoms with Crippen molar-refractivity contribution in [3.63, 3.8) is 0 Å². The molecule has 0 bridgehead atoms. The first-order chi connectivity index (χ1) is 9.56. The number of hydrogen-bond donors (Lipinski definition) is 1. The molecule has 106 valence electrons. The van der Waals surface area contributed by atoms with Gasteiger partial charge in [0.25, 0.3) is 0 Å². The smallest absolute Gasteiger partial charge is 0.0634 e. The number of aromatic nitrogens is 1. The van der Waals surface area contributed by atoms with Crippen LogP contribution in [0.2, 0.25) is 5.02 Å². The summed E-state index contributed by atoms with van der Waals surface area (Å²) in [6.07, 6.45) is 3.47. The van der Waals surface area contributed by atoms with Crippen molar-refractivity contribution in [2.75, 3.05) is 5.73 Å². The number of rotatable bonds is 5. The standard InChI is InChI=1S/C16H20ClN3/c1-12(2)20(10-13-3-5-15(18)6-4-13)11-14-7-8-19-9-16(14)17/h3-9,12H,10-11,18H2,1-2H3. The van der Waals surface area contributed by atoms with Crippen molar-refractivity contribution in [1.29, 1.82) is 0 Å². The minimum Gasteiger partial charge on any atom is -0.399 e. The Labute approximate surface area is 125 Å². The molecule has 0 spiro atoms. The van der Waals surface area contributed by atoms with Crippen LogP contribution in [-0.2, 0) is 13.1 Å². The average molecular weight is 290 g/mol. The van der Waals surface area contributed by atoms with Gasteiger partial charge in [0.1, 0.15) is 0 Å². The first-order valence-corrected chi connectivity index (χ1v) is 7.11. The fourth-order valence-electron chi connectivity index (χ4n) is 2.03. The summed E-state index contributed by atoms with van der Waals surface area (Å²) < 4.78 is 0. The van der Waals surface area contributed by atoms with Crippen molar-refractivity contribution in [3.8, 4) is 0 Å². The van der Waals surface area contributed by atoms with Crippen LogP contribution in [-0.4, -0.2) is 15.9 Å². The maximum Gasteiger partial charge on any atom is 0.0634 e.